The number of rotatable bonds is 4. The highest BCUT2D eigenvalue weighted by Gasteiger charge is 2.16. The van der Waals surface area contributed by atoms with Crippen LogP contribution < -0.4 is 16.4 Å². The quantitative estimate of drug-likeness (QED) is 0.615. The lowest BCUT2D eigenvalue weighted by molar-refractivity contribution is 0.103. The third kappa shape index (κ3) is 4.19. The summed E-state index contributed by atoms with van der Waals surface area (Å²) < 4.78 is 0. The third-order valence-electron chi connectivity index (χ3n) is 3.48. The standard InChI is InChI=1S/C18H15ClN4O2S/c1-10-15(26-17(21-10)11-3-2-4-12(19)9-11)16(24)22-13-5-7-14(8-6-13)23-18(20)25/h2-9H,1H3,(H,22,24)(H3,20,23,25). The number of aromatic nitrogens is 1. The van der Waals surface area contributed by atoms with Crippen molar-refractivity contribution in [2.45, 2.75) is 6.92 Å². The first kappa shape index (κ1) is 17.9. The zero-order valence-corrected chi connectivity index (χ0v) is 15.3. The molecule has 3 rings (SSSR count). The molecule has 0 atom stereocenters. The average molecular weight is 387 g/mol. The Kier molecular flexibility index (Phi) is 5.20. The number of nitrogens with zero attached hydrogens (tertiary/aromatic N) is 1. The molecule has 0 bridgehead atoms. The minimum atomic E-state index is -0.643. The van der Waals surface area contributed by atoms with Gasteiger partial charge in [0.25, 0.3) is 5.91 Å². The molecule has 0 saturated heterocycles. The van der Waals surface area contributed by atoms with Gasteiger partial charge >= 0.3 is 6.03 Å². The fraction of sp³-hybridized carbons (Fsp3) is 0.0556. The second-order valence-electron chi connectivity index (χ2n) is 5.46. The Bertz CT molecular complexity index is 970. The van der Waals surface area contributed by atoms with Crippen molar-refractivity contribution >= 4 is 46.3 Å². The number of aryl methyl sites for hydroxylation is 1. The molecule has 0 unspecified atom stereocenters. The summed E-state index contributed by atoms with van der Waals surface area (Å²) in [5, 5.41) is 6.63. The molecule has 2 aromatic carbocycles. The van der Waals surface area contributed by atoms with Crippen LogP contribution >= 0.6 is 22.9 Å². The maximum atomic E-state index is 12.6. The molecule has 0 aliphatic rings. The van der Waals surface area contributed by atoms with Crippen LogP contribution in [0, 0.1) is 6.92 Å². The summed E-state index contributed by atoms with van der Waals surface area (Å²) in [6.07, 6.45) is 0. The number of hydrogen-bond donors (Lipinski definition) is 3. The van der Waals surface area contributed by atoms with Crippen LogP contribution in [-0.4, -0.2) is 16.9 Å². The zero-order valence-electron chi connectivity index (χ0n) is 13.7. The summed E-state index contributed by atoms with van der Waals surface area (Å²) in [4.78, 5) is 28.4. The Balaban J connectivity index is 1.77. The molecule has 0 aliphatic heterocycles. The second kappa shape index (κ2) is 7.55. The lowest BCUT2D eigenvalue weighted by Gasteiger charge is -2.06. The molecular weight excluding hydrogens is 372 g/mol. The van der Waals surface area contributed by atoms with Gasteiger partial charge in [-0.25, -0.2) is 9.78 Å². The van der Waals surface area contributed by atoms with Crippen molar-refractivity contribution in [2.24, 2.45) is 5.73 Å². The van der Waals surface area contributed by atoms with Gasteiger partial charge in [-0.1, -0.05) is 23.7 Å². The number of amides is 3. The summed E-state index contributed by atoms with van der Waals surface area (Å²) in [6.45, 7) is 1.79. The van der Waals surface area contributed by atoms with Crippen LogP contribution in [-0.2, 0) is 0 Å². The number of thiazole rings is 1. The number of carbonyl (C=O) groups is 2. The molecule has 132 valence electrons. The van der Waals surface area contributed by atoms with Crippen LogP contribution in [0.25, 0.3) is 10.6 Å². The normalized spacial score (nSPS) is 10.4. The first-order valence-electron chi connectivity index (χ1n) is 7.63. The van der Waals surface area contributed by atoms with Crippen molar-refractivity contribution in [3.8, 4) is 10.6 Å². The molecule has 0 aliphatic carbocycles. The largest absolute Gasteiger partial charge is 0.351 e. The van der Waals surface area contributed by atoms with Gasteiger partial charge in [-0.05, 0) is 43.3 Å². The van der Waals surface area contributed by atoms with Crippen LogP contribution in [0.2, 0.25) is 5.02 Å². The van der Waals surface area contributed by atoms with Crippen LogP contribution in [0.1, 0.15) is 15.4 Å². The molecule has 1 aromatic heterocycles. The predicted molar refractivity (Wildman–Crippen MR) is 105 cm³/mol. The van der Waals surface area contributed by atoms with Crippen LogP contribution in [0.5, 0.6) is 0 Å². The van der Waals surface area contributed by atoms with Crippen molar-refractivity contribution in [1.82, 2.24) is 4.98 Å². The van der Waals surface area contributed by atoms with Gasteiger partial charge in [0.15, 0.2) is 0 Å². The van der Waals surface area contributed by atoms with E-state index in [1.54, 1.807) is 37.3 Å². The van der Waals surface area contributed by atoms with Crippen molar-refractivity contribution in [3.05, 3.63) is 64.1 Å². The summed E-state index contributed by atoms with van der Waals surface area (Å²) in [5.41, 5.74) is 7.72. The van der Waals surface area contributed by atoms with Crippen molar-refractivity contribution in [3.63, 3.8) is 0 Å². The number of benzene rings is 2. The molecular formula is C18H15ClN4O2S. The van der Waals surface area contributed by atoms with Gasteiger partial charge in [-0.2, -0.15) is 0 Å². The van der Waals surface area contributed by atoms with E-state index in [0.29, 0.717) is 27.0 Å². The predicted octanol–water partition coefficient (Wildman–Crippen LogP) is 4.51. The first-order chi connectivity index (χ1) is 12.4. The molecule has 26 heavy (non-hydrogen) atoms. The molecule has 4 N–H and O–H groups in total. The Morgan fingerprint density at radius 2 is 1.73 bits per heavy atom. The van der Waals surface area contributed by atoms with Crippen molar-refractivity contribution in [1.29, 1.82) is 0 Å². The fourth-order valence-electron chi connectivity index (χ4n) is 2.32. The molecule has 0 radical (unpaired) electrons. The van der Waals surface area contributed by atoms with Crippen LogP contribution in [0.4, 0.5) is 16.2 Å². The van der Waals surface area contributed by atoms with Gasteiger partial charge in [0, 0.05) is 22.0 Å². The van der Waals surface area contributed by atoms with E-state index in [0.717, 1.165) is 10.6 Å². The zero-order chi connectivity index (χ0) is 18.7. The van der Waals surface area contributed by atoms with Gasteiger partial charge in [0.2, 0.25) is 0 Å². The van der Waals surface area contributed by atoms with E-state index >= 15 is 0 Å². The van der Waals surface area contributed by atoms with E-state index in [1.165, 1.54) is 11.3 Å². The smallest absolute Gasteiger partial charge is 0.316 e. The van der Waals surface area contributed by atoms with Gasteiger partial charge < -0.3 is 16.4 Å². The van der Waals surface area contributed by atoms with Crippen LogP contribution in [0.15, 0.2) is 48.5 Å². The molecule has 1 heterocycles. The molecule has 8 heteroatoms. The summed E-state index contributed by atoms with van der Waals surface area (Å²) in [6, 6.07) is 13.4. The van der Waals surface area contributed by atoms with Gasteiger partial charge in [0.05, 0.1) is 5.69 Å². The summed E-state index contributed by atoms with van der Waals surface area (Å²) in [7, 11) is 0. The Morgan fingerprint density at radius 1 is 1.08 bits per heavy atom. The lowest BCUT2D eigenvalue weighted by Crippen LogP contribution is -2.19. The average Bonchev–Trinajstić information content (AvgIpc) is 2.98. The topological polar surface area (TPSA) is 97.1 Å². The number of nitrogens with two attached hydrogens (primary N) is 1. The van der Waals surface area contributed by atoms with Crippen molar-refractivity contribution in [2.75, 3.05) is 10.6 Å². The van der Waals surface area contributed by atoms with E-state index in [9.17, 15) is 9.59 Å². The van der Waals surface area contributed by atoms with E-state index in [-0.39, 0.29) is 5.91 Å². The SMILES string of the molecule is Cc1nc(-c2cccc(Cl)c2)sc1C(=O)Nc1ccc(NC(N)=O)cc1. The maximum Gasteiger partial charge on any atom is 0.316 e. The fourth-order valence-corrected chi connectivity index (χ4v) is 3.47. The highest BCUT2D eigenvalue weighted by atomic mass is 35.5. The van der Waals surface area contributed by atoms with E-state index in [1.807, 2.05) is 18.2 Å². The third-order valence-corrected chi connectivity index (χ3v) is 4.93. The molecule has 0 saturated carbocycles. The van der Waals surface area contributed by atoms with E-state index in [2.05, 4.69) is 15.6 Å². The highest BCUT2D eigenvalue weighted by Crippen LogP contribution is 2.30. The summed E-state index contributed by atoms with van der Waals surface area (Å²) in [5.74, 6) is -0.246. The number of nitrogens with one attached hydrogen (secondary N) is 2. The van der Waals surface area contributed by atoms with E-state index < -0.39 is 6.03 Å². The van der Waals surface area contributed by atoms with E-state index in [4.69, 9.17) is 17.3 Å². The number of anilines is 2. The van der Waals surface area contributed by atoms with Crippen molar-refractivity contribution < 1.29 is 9.59 Å². The molecule has 0 spiro atoms. The summed E-state index contributed by atoms with van der Waals surface area (Å²) >= 11 is 7.32. The Morgan fingerprint density at radius 3 is 2.35 bits per heavy atom. The van der Waals surface area contributed by atoms with Gasteiger partial charge in [-0.15, -0.1) is 11.3 Å². The number of urea groups is 1. The number of primary amides is 1. The van der Waals surface area contributed by atoms with Gasteiger partial charge in [-0.3, -0.25) is 4.79 Å². The number of halogens is 1. The lowest BCUT2D eigenvalue weighted by atomic mass is 10.2. The first-order valence-corrected chi connectivity index (χ1v) is 8.83. The minimum Gasteiger partial charge on any atom is -0.351 e. The Labute approximate surface area is 159 Å². The number of hydrogen-bond acceptors (Lipinski definition) is 4. The number of carbonyl (C=O) groups excluding carboxylic acids is 2. The van der Waals surface area contributed by atoms with Crippen LogP contribution in [0.3, 0.4) is 0 Å². The second-order valence-corrected chi connectivity index (χ2v) is 6.90. The van der Waals surface area contributed by atoms with Gasteiger partial charge in [0.1, 0.15) is 9.88 Å². The maximum absolute atomic E-state index is 12.6. The monoisotopic (exact) mass is 386 g/mol. The molecule has 0 fully saturated rings. The minimum absolute atomic E-state index is 0.246. The molecule has 3 amide bonds. The highest BCUT2D eigenvalue weighted by molar-refractivity contribution is 7.17. The molecule has 6 nitrogen and oxygen atoms in total. The Hall–Kier alpha value is -2.90. The molecule has 3 aromatic rings.